The third-order valence-electron chi connectivity index (χ3n) is 7.34. The molecule has 0 unspecified atom stereocenters. The first kappa shape index (κ1) is 19.8. The Morgan fingerprint density at radius 1 is 0.821 bits per heavy atom. The van der Waals surface area contributed by atoms with E-state index in [1.54, 1.807) is 0 Å². The molecule has 2 saturated heterocycles. The van der Waals surface area contributed by atoms with Crippen molar-refractivity contribution in [3.8, 4) is 0 Å². The Morgan fingerprint density at radius 3 is 2.14 bits per heavy atom. The van der Waals surface area contributed by atoms with Crippen molar-refractivity contribution in [1.29, 1.82) is 0 Å². The molecule has 0 aromatic heterocycles. The Bertz CT molecular complexity index is 620. The van der Waals surface area contributed by atoms with Crippen molar-refractivity contribution in [2.45, 2.75) is 70.8 Å². The summed E-state index contributed by atoms with van der Waals surface area (Å²) in [7, 11) is 0. The second kappa shape index (κ2) is 9.30. The number of nitrogens with one attached hydrogen (secondary N) is 1. The topological polar surface area (TPSA) is 35.6 Å². The predicted molar refractivity (Wildman–Crippen MR) is 114 cm³/mol. The van der Waals surface area contributed by atoms with Gasteiger partial charge in [0.25, 0.3) is 0 Å². The summed E-state index contributed by atoms with van der Waals surface area (Å²) in [6, 6.07) is 9.10. The van der Waals surface area contributed by atoms with Crippen LogP contribution in [0.4, 0.5) is 4.79 Å². The minimum Gasteiger partial charge on any atom is -0.338 e. The number of carbonyl (C=O) groups excluding carboxylic acids is 1. The molecule has 0 radical (unpaired) electrons. The zero-order valence-corrected chi connectivity index (χ0v) is 17.4. The number of hydrogen-bond donors (Lipinski definition) is 1. The number of piperidine rings is 1. The number of likely N-dealkylation sites (tertiary alicyclic amines) is 2. The van der Waals surface area contributed by atoms with Crippen LogP contribution in [0, 0.1) is 5.41 Å². The molecule has 1 aromatic rings. The maximum absolute atomic E-state index is 12.5. The van der Waals surface area contributed by atoms with Crippen molar-refractivity contribution >= 4 is 6.03 Å². The fourth-order valence-corrected chi connectivity index (χ4v) is 5.42. The summed E-state index contributed by atoms with van der Waals surface area (Å²) in [6.07, 6.45) is 13.0. The molecule has 3 fully saturated rings. The van der Waals surface area contributed by atoms with E-state index < -0.39 is 0 Å². The third kappa shape index (κ3) is 5.08. The summed E-state index contributed by atoms with van der Waals surface area (Å²) >= 11 is 0. The monoisotopic (exact) mass is 383 g/mol. The van der Waals surface area contributed by atoms with Crippen LogP contribution in [0.1, 0.15) is 68.9 Å². The van der Waals surface area contributed by atoms with Gasteiger partial charge in [0.2, 0.25) is 0 Å². The maximum Gasteiger partial charge on any atom is 0.317 e. The van der Waals surface area contributed by atoms with Gasteiger partial charge in [0.1, 0.15) is 0 Å². The van der Waals surface area contributed by atoms with Crippen molar-refractivity contribution < 1.29 is 4.79 Å². The van der Waals surface area contributed by atoms with Crippen LogP contribution in [0.3, 0.4) is 0 Å². The molecule has 1 aromatic carbocycles. The molecule has 1 spiro atoms. The third-order valence-corrected chi connectivity index (χ3v) is 7.34. The summed E-state index contributed by atoms with van der Waals surface area (Å²) in [5, 5.41) is 3.14. The number of carbonyl (C=O) groups is 1. The molecule has 2 aliphatic heterocycles. The first-order valence-electron chi connectivity index (χ1n) is 11.6. The van der Waals surface area contributed by atoms with Gasteiger partial charge in [-0.3, -0.25) is 4.90 Å². The molecule has 0 atom stereocenters. The number of rotatable bonds is 5. The van der Waals surface area contributed by atoms with E-state index in [1.165, 1.54) is 82.0 Å². The van der Waals surface area contributed by atoms with Gasteiger partial charge in [-0.25, -0.2) is 4.79 Å². The second-order valence-electron chi connectivity index (χ2n) is 9.33. The van der Waals surface area contributed by atoms with E-state index in [0.717, 1.165) is 32.6 Å². The smallest absolute Gasteiger partial charge is 0.317 e. The van der Waals surface area contributed by atoms with Crippen molar-refractivity contribution in [2.75, 3.05) is 32.7 Å². The van der Waals surface area contributed by atoms with E-state index in [-0.39, 0.29) is 6.03 Å². The molecule has 28 heavy (non-hydrogen) atoms. The Kier molecular flexibility index (Phi) is 6.56. The summed E-state index contributed by atoms with van der Waals surface area (Å²) in [6.45, 7) is 6.17. The normalized spacial score (nSPS) is 22.5. The van der Waals surface area contributed by atoms with Crippen LogP contribution >= 0.6 is 0 Å². The predicted octanol–water partition coefficient (Wildman–Crippen LogP) is 4.58. The quantitative estimate of drug-likeness (QED) is 0.808. The fraction of sp³-hybridized carbons (Fsp3) is 0.708. The SMILES string of the molecule is O=C(NCCc1ccc(CN2CCCC2)cc1)N1CCC2(CCCCC2)CC1. The van der Waals surface area contributed by atoms with E-state index in [0.29, 0.717) is 5.41 Å². The minimum atomic E-state index is 0.135. The molecule has 2 amide bonds. The summed E-state index contributed by atoms with van der Waals surface area (Å²) in [4.78, 5) is 17.1. The van der Waals surface area contributed by atoms with Crippen molar-refractivity contribution in [3.63, 3.8) is 0 Å². The van der Waals surface area contributed by atoms with Gasteiger partial charge in [0.05, 0.1) is 0 Å². The highest BCUT2D eigenvalue weighted by atomic mass is 16.2. The maximum atomic E-state index is 12.5. The first-order valence-corrected chi connectivity index (χ1v) is 11.6. The molecular formula is C24H37N3O. The van der Waals surface area contributed by atoms with Crippen molar-refractivity contribution in [3.05, 3.63) is 35.4 Å². The van der Waals surface area contributed by atoms with Gasteiger partial charge in [-0.2, -0.15) is 0 Å². The van der Waals surface area contributed by atoms with Crippen LogP contribution in [-0.2, 0) is 13.0 Å². The van der Waals surface area contributed by atoms with Crippen LogP contribution < -0.4 is 5.32 Å². The Morgan fingerprint density at radius 2 is 1.46 bits per heavy atom. The molecule has 4 rings (SSSR count). The van der Waals surface area contributed by atoms with E-state index >= 15 is 0 Å². The van der Waals surface area contributed by atoms with E-state index in [2.05, 4.69) is 34.5 Å². The Balaban J connectivity index is 1.16. The Hall–Kier alpha value is -1.55. The number of urea groups is 1. The van der Waals surface area contributed by atoms with Crippen LogP contribution in [0.25, 0.3) is 0 Å². The van der Waals surface area contributed by atoms with Gasteiger partial charge in [0.15, 0.2) is 0 Å². The fourth-order valence-electron chi connectivity index (χ4n) is 5.42. The number of nitrogens with zero attached hydrogens (tertiary/aromatic N) is 2. The van der Waals surface area contributed by atoms with Gasteiger partial charge in [0, 0.05) is 26.2 Å². The van der Waals surface area contributed by atoms with Crippen molar-refractivity contribution in [1.82, 2.24) is 15.1 Å². The highest BCUT2D eigenvalue weighted by Gasteiger charge is 2.36. The van der Waals surface area contributed by atoms with Crippen LogP contribution in [0.15, 0.2) is 24.3 Å². The summed E-state index contributed by atoms with van der Waals surface area (Å²) in [5.41, 5.74) is 3.27. The molecule has 1 N–H and O–H groups in total. The van der Waals surface area contributed by atoms with Crippen LogP contribution in [-0.4, -0.2) is 48.6 Å². The van der Waals surface area contributed by atoms with Gasteiger partial charge in [-0.1, -0.05) is 43.5 Å². The highest BCUT2D eigenvalue weighted by Crippen LogP contribution is 2.44. The lowest BCUT2D eigenvalue weighted by Gasteiger charge is -2.44. The van der Waals surface area contributed by atoms with E-state index in [9.17, 15) is 4.79 Å². The standard InChI is InChI=1S/C24H37N3O/c28-23(27-18-13-24(14-19-27)11-2-1-3-12-24)25-15-10-21-6-8-22(9-7-21)20-26-16-4-5-17-26/h6-9H,1-5,10-20H2,(H,25,28). The van der Waals surface area contributed by atoms with E-state index in [4.69, 9.17) is 0 Å². The molecule has 1 saturated carbocycles. The minimum absolute atomic E-state index is 0.135. The number of amides is 2. The second-order valence-corrected chi connectivity index (χ2v) is 9.33. The lowest BCUT2D eigenvalue weighted by Crippen LogP contribution is -2.48. The zero-order chi connectivity index (χ0) is 19.2. The summed E-state index contributed by atoms with van der Waals surface area (Å²) in [5.74, 6) is 0. The van der Waals surface area contributed by atoms with E-state index in [1.807, 2.05) is 4.90 Å². The number of benzene rings is 1. The average Bonchev–Trinajstić information content (AvgIpc) is 3.23. The lowest BCUT2D eigenvalue weighted by molar-refractivity contribution is 0.0813. The summed E-state index contributed by atoms with van der Waals surface area (Å²) < 4.78 is 0. The van der Waals surface area contributed by atoms with Gasteiger partial charge < -0.3 is 10.2 Å². The molecule has 3 aliphatic rings. The molecule has 2 heterocycles. The van der Waals surface area contributed by atoms with Gasteiger partial charge in [-0.15, -0.1) is 0 Å². The van der Waals surface area contributed by atoms with Crippen LogP contribution in [0.2, 0.25) is 0 Å². The largest absolute Gasteiger partial charge is 0.338 e. The lowest BCUT2D eigenvalue weighted by atomic mass is 9.68. The molecule has 4 heteroatoms. The number of hydrogen-bond acceptors (Lipinski definition) is 2. The highest BCUT2D eigenvalue weighted by molar-refractivity contribution is 5.74. The van der Waals surface area contributed by atoms with Crippen LogP contribution in [0.5, 0.6) is 0 Å². The molecule has 154 valence electrons. The average molecular weight is 384 g/mol. The first-order chi connectivity index (χ1) is 13.7. The zero-order valence-electron chi connectivity index (χ0n) is 17.4. The van der Waals surface area contributed by atoms with Gasteiger partial charge in [-0.05, 0) is 74.6 Å². The molecule has 4 nitrogen and oxygen atoms in total. The molecule has 0 bridgehead atoms. The van der Waals surface area contributed by atoms with Crippen molar-refractivity contribution in [2.24, 2.45) is 5.41 Å². The Labute approximate surface area is 170 Å². The molecule has 1 aliphatic carbocycles. The van der Waals surface area contributed by atoms with Gasteiger partial charge >= 0.3 is 6.03 Å². The molecular weight excluding hydrogens is 346 g/mol.